The van der Waals surface area contributed by atoms with Crippen LogP contribution in [-0.2, 0) is 9.59 Å². The van der Waals surface area contributed by atoms with E-state index in [2.05, 4.69) is 13.8 Å². The Kier molecular flexibility index (Phi) is 7.13. The van der Waals surface area contributed by atoms with E-state index in [1.165, 1.54) is 0 Å². The molecule has 1 saturated heterocycles. The van der Waals surface area contributed by atoms with Gasteiger partial charge in [-0.25, -0.2) is 0 Å². The highest BCUT2D eigenvalue weighted by Gasteiger charge is 2.45. The minimum Gasteiger partial charge on any atom is -0.507 e. The van der Waals surface area contributed by atoms with Crippen LogP contribution in [0.5, 0.6) is 5.75 Å². The highest BCUT2D eigenvalue weighted by Crippen LogP contribution is 2.39. The van der Waals surface area contributed by atoms with Gasteiger partial charge in [0.2, 0.25) is 0 Å². The van der Waals surface area contributed by atoms with Crippen LogP contribution in [0, 0.1) is 5.92 Å². The van der Waals surface area contributed by atoms with Crippen LogP contribution < -0.4 is 4.74 Å². The monoisotopic (exact) mass is 422 g/mol. The number of ketones is 1. The van der Waals surface area contributed by atoms with Crippen molar-refractivity contribution in [3.05, 3.63) is 71.3 Å². The molecule has 1 heterocycles. The van der Waals surface area contributed by atoms with Crippen molar-refractivity contribution < 1.29 is 19.4 Å². The molecule has 1 aliphatic rings. The number of benzene rings is 2. The Bertz CT molecular complexity index is 949. The molecule has 2 aromatic carbocycles. The van der Waals surface area contributed by atoms with Gasteiger partial charge >= 0.3 is 0 Å². The molecule has 0 spiro atoms. The van der Waals surface area contributed by atoms with Crippen molar-refractivity contribution in [1.29, 1.82) is 0 Å². The zero-order valence-corrected chi connectivity index (χ0v) is 18.5. The first-order valence-corrected chi connectivity index (χ1v) is 10.5. The van der Waals surface area contributed by atoms with Crippen LogP contribution in [0.15, 0.2) is 60.2 Å². The van der Waals surface area contributed by atoms with Gasteiger partial charge in [0.15, 0.2) is 0 Å². The average Bonchev–Trinajstić information content (AvgIpc) is 3.01. The van der Waals surface area contributed by atoms with E-state index in [4.69, 9.17) is 4.74 Å². The lowest BCUT2D eigenvalue weighted by Gasteiger charge is -2.26. The fourth-order valence-corrected chi connectivity index (χ4v) is 3.53. The smallest absolute Gasteiger partial charge is 0.295 e. The minimum absolute atomic E-state index is 0.116. The van der Waals surface area contributed by atoms with E-state index in [9.17, 15) is 14.7 Å². The summed E-state index contributed by atoms with van der Waals surface area (Å²) in [6, 6.07) is 15.7. The number of hydrogen-bond acceptors (Lipinski definition) is 5. The first-order chi connectivity index (χ1) is 14.8. The van der Waals surface area contributed by atoms with Crippen molar-refractivity contribution in [2.24, 2.45) is 5.92 Å². The number of carbonyl (C=O) groups excluding carboxylic acids is 2. The van der Waals surface area contributed by atoms with Crippen LogP contribution in [0.2, 0.25) is 0 Å². The largest absolute Gasteiger partial charge is 0.507 e. The molecule has 1 aliphatic heterocycles. The second-order valence-electron chi connectivity index (χ2n) is 8.44. The normalized spacial score (nSPS) is 18.3. The highest BCUT2D eigenvalue weighted by molar-refractivity contribution is 6.46. The third kappa shape index (κ3) is 5.14. The van der Waals surface area contributed by atoms with Gasteiger partial charge in [-0.2, -0.15) is 0 Å². The lowest BCUT2D eigenvalue weighted by Crippen LogP contribution is -2.35. The number of hydrogen-bond donors (Lipinski definition) is 1. The number of aliphatic hydroxyl groups excluding tert-OH is 1. The third-order valence-corrected chi connectivity index (χ3v) is 5.15. The van der Waals surface area contributed by atoms with E-state index in [0.29, 0.717) is 36.9 Å². The van der Waals surface area contributed by atoms with Crippen molar-refractivity contribution in [3.8, 4) is 5.75 Å². The molecule has 6 nitrogen and oxygen atoms in total. The number of nitrogens with zero attached hydrogens (tertiary/aromatic N) is 2. The number of likely N-dealkylation sites (N-methyl/N-ethyl adjacent to an activating group) is 1. The molecule has 1 amide bonds. The van der Waals surface area contributed by atoms with Crippen molar-refractivity contribution in [1.82, 2.24) is 9.80 Å². The first kappa shape index (κ1) is 22.6. The van der Waals surface area contributed by atoms with Crippen molar-refractivity contribution in [3.63, 3.8) is 0 Å². The predicted octanol–water partition coefficient (Wildman–Crippen LogP) is 3.70. The molecule has 31 heavy (non-hydrogen) atoms. The Hall–Kier alpha value is -3.12. The molecule has 6 heteroatoms. The lowest BCUT2D eigenvalue weighted by molar-refractivity contribution is -0.140. The van der Waals surface area contributed by atoms with Gasteiger partial charge in [-0.15, -0.1) is 0 Å². The molecule has 0 aliphatic carbocycles. The zero-order chi connectivity index (χ0) is 22.5. The maximum Gasteiger partial charge on any atom is 0.295 e. The number of amides is 1. The summed E-state index contributed by atoms with van der Waals surface area (Å²) in [7, 11) is 3.83. The van der Waals surface area contributed by atoms with Gasteiger partial charge in [0.25, 0.3) is 11.7 Å². The standard InChI is InChI=1S/C25H30N2O4/c1-17(2)16-31-20-12-10-19(11-13-20)23(28)21-22(18-8-6-5-7-9-18)27(15-14-26(3)4)25(30)24(21)29/h5-13,17,22,28H,14-16H2,1-4H3/b23-21-. The summed E-state index contributed by atoms with van der Waals surface area (Å²) in [4.78, 5) is 29.3. The molecule has 2 aromatic rings. The van der Waals surface area contributed by atoms with Crippen molar-refractivity contribution in [2.75, 3.05) is 33.8 Å². The molecule has 1 N–H and O–H groups in total. The summed E-state index contributed by atoms with van der Waals surface area (Å²) < 4.78 is 5.70. The Balaban J connectivity index is 2.00. The minimum atomic E-state index is -0.662. The number of aliphatic hydroxyl groups is 1. The Morgan fingerprint density at radius 3 is 2.29 bits per heavy atom. The summed E-state index contributed by atoms with van der Waals surface area (Å²) >= 11 is 0. The van der Waals surface area contributed by atoms with E-state index < -0.39 is 17.7 Å². The molecule has 1 atom stereocenters. The van der Waals surface area contributed by atoms with Gasteiger partial charge in [-0.1, -0.05) is 44.2 Å². The van der Waals surface area contributed by atoms with Crippen molar-refractivity contribution in [2.45, 2.75) is 19.9 Å². The number of rotatable bonds is 8. The number of carbonyl (C=O) groups is 2. The summed E-state index contributed by atoms with van der Waals surface area (Å²) in [6.45, 7) is 5.72. The number of Topliss-reactive ketones (excluding diaryl/α,β-unsaturated/α-hetero) is 1. The van der Waals surface area contributed by atoms with Gasteiger partial charge < -0.3 is 19.6 Å². The lowest BCUT2D eigenvalue weighted by atomic mass is 9.95. The van der Waals surface area contributed by atoms with Crippen LogP contribution in [0.4, 0.5) is 0 Å². The topological polar surface area (TPSA) is 70.1 Å². The van der Waals surface area contributed by atoms with Gasteiger partial charge in [-0.3, -0.25) is 9.59 Å². The van der Waals surface area contributed by atoms with Crippen LogP contribution in [0.1, 0.15) is 31.0 Å². The molecule has 0 bridgehead atoms. The van der Waals surface area contributed by atoms with Gasteiger partial charge in [0.1, 0.15) is 11.5 Å². The zero-order valence-electron chi connectivity index (χ0n) is 18.5. The van der Waals surface area contributed by atoms with Crippen LogP contribution >= 0.6 is 0 Å². The fourth-order valence-electron chi connectivity index (χ4n) is 3.53. The number of ether oxygens (including phenoxy) is 1. The highest BCUT2D eigenvalue weighted by atomic mass is 16.5. The Labute approximate surface area is 183 Å². The van der Waals surface area contributed by atoms with E-state index in [1.807, 2.05) is 49.3 Å². The van der Waals surface area contributed by atoms with Gasteiger partial charge in [-0.05, 0) is 49.8 Å². The Morgan fingerprint density at radius 1 is 1.06 bits per heavy atom. The molecule has 164 valence electrons. The average molecular weight is 423 g/mol. The van der Waals surface area contributed by atoms with Gasteiger partial charge in [0, 0.05) is 18.7 Å². The predicted molar refractivity (Wildman–Crippen MR) is 121 cm³/mol. The second-order valence-corrected chi connectivity index (χ2v) is 8.44. The second kappa shape index (κ2) is 9.79. The maximum absolute atomic E-state index is 13.0. The summed E-state index contributed by atoms with van der Waals surface area (Å²) in [5.74, 6) is -0.331. The SMILES string of the molecule is CC(C)COc1ccc(/C(O)=C2/C(=O)C(=O)N(CCN(C)C)C2c2ccccc2)cc1. The molecule has 1 fully saturated rings. The fraction of sp³-hybridized carbons (Fsp3) is 0.360. The molecule has 0 radical (unpaired) electrons. The van der Waals surface area contributed by atoms with Crippen LogP contribution in [-0.4, -0.2) is 60.4 Å². The Morgan fingerprint density at radius 2 is 1.71 bits per heavy atom. The molecular weight excluding hydrogens is 392 g/mol. The molecule has 1 unspecified atom stereocenters. The van der Waals surface area contributed by atoms with E-state index >= 15 is 0 Å². The van der Waals surface area contributed by atoms with Crippen molar-refractivity contribution >= 4 is 17.4 Å². The number of likely N-dealkylation sites (tertiary alicyclic amines) is 1. The molecule has 3 rings (SSSR count). The van der Waals surface area contributed by atoms with Crippen LogP contribution in [0.3, 0.4) is 0 Å². The maximum atomic E-state index is 13.0. The van der Waals surface area contributed by atoms with E-state index in [0.717, 1.165) is 5.56 Å². The first-order valence-electron chi connectivity index (χ1n) is 10.5. The molecular formula is C25H30N2O4. The van der Waals surface area contributed by atoms with E-state index in [-0.39, 0.29) is 11.3 Å². The third-order valence-electron chi connectivity index (χ3n) is 5.15. The summed E-state index contributed by atoms with van der Waals surface area (Å²) in [5, 5.41) is 11.1. The van der Waals surface area contributed by atoms with Crippen LogP contribution in [0.25, 0.3) is 5.76 Å². The molecule has 0 aromatic heterocycles. The molecule has 0 saturated carbocycles. The summed E-state index contributed by atoms with van der Waals surface area (Å²) in [5.41, 5.74) is 1.38. The van der Waals surface area contributed by atoms with E-state index in [1.54, 1.807) is 29.2 Å². The summed E-state index contributed by atoms with van der Waals surface area (Å²) in [6.07, 6.45) is 0. The van der Waals surface area contributed by atoms with Gasteiger partial charge in [0.05, 0.1) is 18.2 Å². The quantitative estimate of drug-likeness (QED) is 0.399.